The molecule has 0 spiro atoms. The quantitative estimate of drug-likeness (QED) is 0.767. The van der Waals surface area contributed by atoms with E-state index in [1.165, 1.54) is 21.6 Å². The van der Waals surface area contributed by atoms with E-state index in [4.69, 9.17) is 4.74 Å². The minimum Gasteiger partial charge on any atom is -0.496 e. The van der Waals surface area contributed by atoms with Gasteiger partial charge < -0.3 is 10.1 Å². The molecule has 0 amide bonds. The van der Waals surface area contributed by atoms with Crippen molar-refractivity contribution in [3.8, 4) is 5.75 Å². The largest absolute Gasteiger partial charge is 0.496 e. The third-order valence-electron chi connectivity index (χ3n) is 3.65. The Morgan fingerprint density at radius 1 is 1.33 bits per heavy atom. The second-order valence-corrected chi connectivity index (χ2v) is 6.80. The number of nitrogens with one attached hydrogen (secondary N) is 1. The summed E-state index contributed by atoms with van der Waals surface area (Å²) in [7, 11) is 1.74. The van der Waals surface area contributed by atoms with Crippen molar-refractivity contribution in [3.05, 3.63) is 49.6 Å². The molecule has 21 heavy (non-hydrogen) atoms. The molecule has 0 fully saturated rings. The first-order chi connectivity index (χ1) is 10.1. The van der Waals surface area contributed by atoms with E-state index in [2.05, 4.69) is 65.6 Å². The molecular formula is C17H22BrNOS. The van der Waals surface area contributed by atoms with Gasteiger partial charge in [-0.3, -0.25) is 0 Å². The predicted octanol–water partition coefficient (Wildman–Crippen LogP) is 5.09. The standard InChI is InChI=1S/C17H22BrNOS/c1-5-12-7-8-21-17(12)16(19-6-2)13-10-14(18)11(3)9-15(13)20-4/h7-10,16,19H,5-6H2,1-4H3. The van der Waals surface area contributed by atoms with Crippen molar-refractivity contribution in [2.75, 3.05) is 13.7 Å². The first-order valence-corrected chi connectivity index (χ1v) is 8.93. The number of hydrogen-bond donors (Lipinski definition) is 1. The van der Waals surface area contributed by atoms with Crippen LogP contribution in [0.2, 0.25) is 0 Å². The summed E-state index contributed by atoms with van der Waals surface area (Å²) in [6.45, 7) is 7.35. The van der Waals surface area contributed by atoms with Gasteiger partial charge in [0.25, 0.3) is 0 Å². The monoisotopic (exact) mass is 367 g/mol. The second kappa shape index (κ2) is 7.43. The van der Waals surface area contributed by atoms with Gasteiger partial charge in [-0.05, 0) is 54.6 Å². The molecule has 1 N–H and O–H groups in total. The van der Waals surface area contributed by atoms with Gasteiger partial charge in [0.05, 0.1) is 13.2 Å². The number of ether oxygens (including phenoxy) is 1. The van der Waals surface area contributed by atoms with E-state index in [0.29, 0.717) is 0 Å². The molecule has 2 nitrogen and oxygen atoms in total. The highest BCUT2D eigenvalue weighted by Crippen LogP contribution is 2.37. The van der Waals surface area contributed by atoms with Gasteiger partial charge in [0, 0.05) is 14.9 Å². The zero-order chi connectivity index (χ0) is 15.4. The van der Waals surface area contributed by atoms with Gasteiger partial charge in [-0.25, -0.2) is 0 Å². The molecule has 0 saturated carbocycles. The van der Waals surface area contributed by atoms with E-state index in [0.717, 1.165) is 23.2 Å². The Bertz CT molecular complexity index is 609. The summed E-state index contributed by atoms with van der Waals surface area (Å²) >= 11 is 5.46. The van der Waals surface area contributed by atoms with Crippen LogP contribution in [0.4, 0.5) is 0 Å². The molecule has 2 rings (SSSR count). The Morgan fingerprint density at radius 3 is 2.71 bits per heavy atom. The van der Waals surface area contributed by atoms with Gasteiger partial charge in [0.15, 0.2) is 0 Å². The molecule has 0 bridgehead atoms. The number of rotatable bonds is 6. The average Bonchev–Trinajstić information content (AvgIpc) is 2.95. The van der Waals surface area contributed by atoms with Crippen LogP contribution in [-0.2, 0) is 6.42 Å². The molecule has 2 aromatic rings. The normalized spacial score (nSPS) is 12.4. The lowest BCUT2D eigenvalue weighted by molar-refractivity contribution is 0.404. The first kappa shape index (κ1) is 16.5. The second-order valence-electron chi connectivity index (χ2n) is 5.00. The lowest BCUT2D eigenvalue weighted by atomic mass is 9.99. The van der Waals surface area contributed by atoms with Crippen molar-refractivity contribution in [2.45, 2.75) is 33.2 Å². The van der Waals surface area contributed by atoms with Gasteiger partial charge in [0.1, 0.15) is 5.75 Å². The summed E-state index contributed by atoms with van der Waals surface area (Å²) in [4.78, 5) is 1.38. The number of aryl methyl sites for hydroxylation is 2. The first-order valence-electron chi connectivity index (χ1n) is 7.26. The smallest absolute Gasteiger partial charge is 0.124 e. The Hall–Kier alpha value is -0.840. The zero-order valence-corrected chi connectivity index (χ0v) is 15.4. The molecule has 1 heterocycles. The molecule has 1 unspecified atom stereocenters. The Morgan fingerprint density at radius 2 is 2.10 bits per heavy atom. The third kappa shape index (κ3) is 3.50. The molecule has 1 aromatic carbocycles. The highest BCUT2D eigenvalue weighted by atomic mass is 79.9. The van der Waals surface area contributed by atoms with E-state index in [-0.39, 0.29) is 6.04 Å². The van der Waals surface area contributed by atoms with Crippen molar-refractivity contribution in [3.63, 3.8) is 0 Å². The lowest BCUT2D eigenvalue weighted by Gasteiger charge is -2.22. The average molecular weight is 368 g/mol. The fourth-order valence-corrected chi connectivity index (χ4v) is 3.96. The summed E-state index contributed by atoms with van der Waals surface area (Å²) < 4.78 is 6.74. The zero-order valence-electron chi connectivity index (χ0n) is 13.0. The number of thiophene rings is 1. The molecule has 0 aliphatic rings. The van der Waals surface area contributed by atoms with Crippen molar-refractivity contribution >= 4 is 27.3 Å². The van der Waals surface area contributed by atoms with Gasteiger partial charge >= 0.3 is 0 Å². The SMILES string of the molecule is CCNC(c1cc(Br)c(C)cc1OC)c1sccc1CC. The highest BCUT2D eigenvalue weighted by molar-refractivity contribution is 9.10. The third-order valence-corrected chi connectivity index (χ3v) is 5.53. The Labute approximate surface area is 139 Å². The van der Waals surface area contributed by atoms with E-state index < -0.39 is 0 Å². The fraction of sp³-hybridized carbons (Fsp3) is 0.412. The topological polar surface area (TPSA) is 21.3 Å². The molecule has 0 saturated heterocycles. The van der Waals surface area contributed by atoms with E-state index >= 15 is 0 Å². The van der Waals surface area contributed by atoms with E-state index in [9.17, 15) is 0 Å². The summed E-state index contributed by atoms with van der Waals surface area (Å²) in [5.74, 6) is 0.942. The minimum atomic E-state index is 0.178. The maximum absolute atomic E-state index is 5.62. The summed E-state index contributed by atoms with van der Waals surface area (Å²) in [5, 5.41) is 5.78. The molecular weight excluding hydrogens is 346 g/mol. The van der Waals surface area contributed by atoms with Crippen LogP contribution in [0.25, 0.3) is 0 Å². The Kier molecular flexibility index (Phi) is 5.85. The van der Waals surface area contributed by atoms with Gasteiger partial charge in [0.2, 0.25) is 0 Å². The van der Waals surface area contributed by atoms with Crippen molar-refractivity contribution < 1.29 is 4.74 Å². The lowest BCUT2D eigenvalue weighted by Crippen LogP contribution is -2.22. The summed E-state index contributed by atoms with van der Waals surface area (Å²) in [6.07, 6.45) is 1.05. The van der Waals surface area contributed by atoms with E-state index in [1.54, 1.807) is 7.11 Å². The van der Waals surface area contributed by atoms with Crippen molar-refractivity contribution in [1.82, 2.24) is 5.32 Å². The molecule has 114 valence electrons. The molecule has 0 aliphatic heterocycles. The Balaban J connectivity index is 2.55. The molecule has 1 atom stereocenters. The number of benzene rings is 1. The maximum Gasteiger partial charge on any atom is 0.124 e. The maximum atomic E-state index is 5.62. The number of halogens is 1. The number of methoxy groups -OCH3 is 1. The van der Waals surface area contributed by atoms with Crippen LogP contribution in [-0.4, -0.2) is 13.7 Å². The van der Waals surface area contributed by atoms with Crippen LogP contribution in [0.5, 0.6) is 5.75 Å². The fourth-order valence-electron chi connectivity index (χ4n) is 2.51. The minimum absolute atomic E-state index is 0.178. The summed E-state index contributed by atoms with van der Waals surface area (Å²) in [5.41, 5.74) is 3.78. The molecule has 0 aliphatic carbocycles. The van der Waals surface area contributed by atoms with Crippen LogP contribution < -0.4 is 10.1 Å². The van der Waals surface area contributed by atoms with Crippen LogP contribution >= 0.6 is 27.3 Å². The van der Waals surface area contributed by atoms with Gasteiger partial charge in [-0.15, -0.1) is 11.3 Å². The van der Waals surface area contributed by atoms with Crippen molar-refractivity contribution in [1.29, 1.82) is 0 Å². The predicted molar refractivity (Wildman–Crippen MR) is 94.6 cm³/mol. The van der Waals surface area contributed by atoms with Gasteiger partial charge in [-0.2, -0.15) is 0 Å². The van der Waals surface area contributed by atoms with Gasteiger partial charge in [-0.1, -0.05) is 29.8 Å². The molecule has 4 heteroatoms. The van der Waals surface area contributed by atoms with Crippen LogP contribution in [0, 0.1) is 6.92 Å². The van der Waals surface area contributed by atoms with Crippen molar-refractivity contribution in [2.24, 2.45) is 0 Å². The number of hydrogen-bond acceptors (Lipinski definition) is 3. The molecule has 0 radical (unpaired) electrons. The molecule has 1 aromatic heterocycles. The summed E-state index contributed by atoms with van der Waals surface area (Å²) in [6, 6.07) is 6.68. The van der Waals surface area contributed by atoms with E-state index in [1.807, 2.05) is 11.3 Å². The highest BCUT2D eigenvalue weighted by Gasteiger charge is 2.22. The van der Waals surface area contributed by atoms with Crippen LogP contribution in [0.15, 0.2) is 28.1 Å². The van der Waals surface area contributed by atoms with Crippen LogP contribution in [0.3, 0.4) is 0 Å². The van der Waals surface area contributed by atoms with Crippen LogP contribution in [0.1, 0.15) is 41.5 Å².